The maximum Gasteiger partial charge on any atom is 0.325 e. The van der Waals surface area contributed by atoms with E-state index in [1.807, 2.05) is 36.4 Å². The third-order valence-electron chi connectivity index (χ3n) is 5.79. The molecule has 0 saturated heterocycles. The fraction of sp³-hybridized carbons (Fsp3) is 0.207. The molecular weight excluding hydrogens is 452 g/mol. The highest BCUT2D eigenvalue weighted by Gasteiger charge is 2.10. The number of aromatic nitrogens is 2. The molecule has 0 radical (unpaired) electrons. The molecular formula is C29H32N4O3+2. The summed E-state index contributed by atoms with van der Waals surface area (Å²) < 4.78 is 10.2. The Balaban J connectivity index is 1.23. The van der Waals surface area contributed by atoms with E-state index in [4.69, 9.17) is 9.84 Å². The van der Waals surface area contributed by atoms with Crippen LogP contribution in [0.4, 0.5) is 11.4 Å². The molecule has 0 aliphatic rings. The predicted octanol–water partition coefficient (Wildman–Crippen LogP) is 4.35. The van der Waals surface area contributed by atoms with E-state index in [2.05, 4.69) is 81.0 Å². The molecule has 1 unspecified atom stereocenters. The molecule has 0 spiro atoms. The van der Waals surface area contributed by atoms with Crippen LogP contribution in [0.15, 0.2) is 104 Å². The van der Waals surface area contributed by atoms with Crippen molar-refractivity contribution in [3.63, 3.8) is 0 Å². The number of carbonyl (C=O) groups is 1. The Morgan fingerprint density at radius 1 is 0.861 bits per heavy atom. The van der Waals surface area contributed by atoms with Crippen LogP contribution in [-0.2, 0) is 17.9 Å². The number of nitrogens with one attached hydrogen (secondary N) is 2. The summed E-state index contributed by atoms with van der Waals surface area (Å²) in [6.45, 7) is 3.74. The van der Waals surface area contributed by atoms with E-state index in [9.17, 15) is 4.79 Å². The minimum Gasteiger partial charge on any atom is -0.480 e. The van der Waals surface area contributed by atoms with Gasteiger partial charge < -0.3 is 20.5 Å². The highest BCUT2D eigenvalue weighted by molar-refractivity contribution is 5.76. The van der Waals surface area contributed by atoms with Crippen LogP contribution in [0.5, 0.6) is 5.75 Å². The first-order valence-corrected chi connectivity index (χ1v) is 12.1. The quantitative estimate of drug-likeness (QED) is 0.206. The SMILES string of the molecule is CC(Nc1cccc(OCNc2ccc[n+](CCC[n+]3ccc(-c4ccccc4)cc3)c2)c1)C(=O)O. The number of rotatable bonds is 12. The van der Waals surface area contributed by atoms with Crippen LogP contribution < -0.4 is 24.5 Å². The number of hydrogen-bond donors (Lipinski definition) is 3. The predicted molar refractivity (Wildman–Crippen MR) is 140 cm³/mol. The fourth-order valence-corrected chi connectivity index (χ4v) is 3.82. The van der Waals surface area contributed by atoms with Gasteiger partial charge in [0.15, 0.2) is 44.6 Å². The molecule has 0 amide bonds. The van der Waals surface area contributed by atoms with Crippen LogP contribution in [0.25, 0.3) is 11.1 Å². The van der Waals surface area contributed by atoms with Crippen LogP contribution >= 0.6 is 0 Å². The van der Waals surface area contributed by atoms with Crippen LogP contribution in [0.1, 0.15) is 13.3 Å². The first-order chi connectivity index (χ1) is 17.6. The summed E-state index contributed by atoms with van der Waals surface area (Å²) in [5, 5.41) is 15.3. The summed E-state index contributed by atoms with van der Waals surface area (Å²) in [6, 6.07) is 25.3. The van der Waals surface area contributed by atoms with Gasteiger partial charge >= 0.3 is 5.97 Å². The first-order valence-electron chi connectivity index (χ1n) is 12.1. The summed E-state index contributed by atoms with van der Waals surface area (Å²) in [6.07, 6.45) is 9.41. The van der Waals surface area contributed by atoms with Crippen LogP contribution in [-0.4, -0.2) is 23.8 Å². The molecule has 0 fully saturated rings. The van der Waals surface area contributed by atoms with Gasteiger partial charge in [0, 0.05) is 30.0 Å². The van der Waals surface area contributed by atoms with Crippen LogP contribution in [0.2, 0.25) is 0 Å². The van der Waals surface area contributed by atoms with Gasteiger partial charge in [0.05, 0.1) is 6.42 Å². The number of nitrogens with zero attached hydrogens (tertiary/aromatic N) is 2. The van der Waals surface area contributed by atoms with Crippen molar-refractivity contribution < 1.29 is 23.8 Å². The largest absolute Gasteiger partial charge is 0.480 e. The Labute approximate surface area is 211 Å². The van der Waals surface area contributed by atoms with Crippen molar-refractivity contribution in [1.29, 1.82) is 0 Å². The lowest BCUT2D eigenvalue weighted by Gasteiger charge is -2.13. The molecule has 0 bridgehead atoms. The number of pyridine rings is 2. The maximum atomic E-state index is 11.0. The molecule has 4 rings (SSSR count). The molecule has 36 heavy (non-hydrogen) atoms. The van der Waals surface area contributed by atoms with Gasteiger partial charge in [-0.15, -0.1) is 0 Å². The van der Waals surface area contributed by atoms with E-state index in [1.54, 1.807) is 13.0 Å². The highest BCUT2D eigenvalue weighted by Crippen LogP contribution is 2.18. The zero-order valence-electron chi connectivity index (χ0n) is 20.4. The van der Waals surface area contributed by atoms with Crippen molar-refractivity contribution in [2.45, 2.75) is 32.5 Å². The van der Waals surface area contributed by atoms with Gasteiger partial charge in [0.1, 0.15) is 17.5 Å². The number of anilines is 2. The molecule has 2 aromatic carbocycles. The van der Waals surface area contributed by atoms with Crippen molar-refractivity contribution in [3.05, 3.63) is 104 Å². The smallest absolute Gasteiger partial charge is 0.325 e. The summed E-state index contributed by atoms with van der Waals surface area (Å²) in [7, 11) is 0. The molecule has 0 saturated carbocycles. The molecule has 0 aliphatic heterocycles. The molecule has 4 aromatic rings. The molecule has 184 valence electrons. The number of hydrogen-bond acceptors (Lipinski definition) is 4. The second kappa shape index (κ2) is 12.4. The van der Waals surface area contributed by atoms with Gasteiger partial charge in [-0.25, -0.2) is 9.13 Å². The Hall–Kier alpha value is -4.39. The van der Waals surface area contributed by atoms with Gasteiger partial charge in [-0.2, -0.15) is 0 Å². The van der Waals surface area contributed by atoms with Crippen molar-refractivity contribution in [3.8, 4) is 16.9 Å². The van der Waals surface area contributed by atoms with Gasteiger partial charge in [-0.05, 0) is 36.2 Å². The topological polar surface area (TPSA) is 78.4 Å². The van der Waals surface area contributed by atoms with Crippen molar-refractivity contribution in [1.82, 2.24) is 0 Å². The summed E-state index contributed by atoms with van der Waals surface area (Å²) in [4.78, 5) is 11.0. The molecule has 1 atom stereocenters. The number of carboxylic acid groups (broad SMARTS) is 1. The molecule has 0 aliphatic carbocycles. The van der Waals surface area contributed by atoms with Gasteiger partial charge in [-0.3, -0.25) is 4.79 Å². The Bertz CT molecular complexity index is 1260. The molecule has 2 heterocycles. The number of aliphatic carboxylic acids is 1. The van der Waals surface area contributed by atoms with Crippen LogP contribution in [0.3, 0.4) is 0 Å². The maximum absolute atomic E-state index is 11.0. The fourth-order valence-electron chi connectivity index (χ4n) is 3.82. The van der Waals surface area contributed by atoms with Crippen molar-refractivity contribution in [2.75, 3.05) is 17.4 Å². The van der Waals surface area contributed by atoms with Gasteiger partial charge in [0.2, 0.25) is 0 Å². The first kappa shape index (κ1) is 24.7. The normalized spacial score (nSPS) is 11.5. The Morgan fingerprint density at radius 3 is 2.36 bits per heavy atom. The zero-order chi connectivity index (χ0) is 25.2. The van der Waals surface area contributed by atoms with E-state index in [0.29, 0.717) is 18.2 Å². The molecule has 7 nitrogen and oxygen atoms in total. The Kier molecular flexibility index (Phi) is 8.48. The summed E-state index contributed by atoms with van der Waals surface area (Å²) in [5.41, 5.74) is 4.12. The van der Waals surface area contributed by atoms with E-state index >= 15 is 0 Å². The number of carboxylic acids is 1. The number of benzene rings is 2. The average molecular weight is 485 g/mol. The number of ether oxygens (including phenoxy) is 1. The second-order valence-electron chi connectivity index (χ2n) is 8.57. The molecule has 2 aromatic heterocycles. The highest BCUT2D eigenvalue weighted by atomic mass is 16.5. The lowest BCUT2D eigenvalue weighted by molar-refractivity contribution is -0.726. The van der Waals surface area contributed by atoms with Gasteiger partial charge in [0.25, 0.3) is 0 Å². The van der Waals surface area contributed by atoms with E-state index in [1.165, 1.54) is 11.1 Å². The van der Waals surface area contributed by atoms with Crippen molar-refractivity contribution in [2.24, 2.45) is 0 Å². The zero-order valence-corrected chi connectivity index (χ0v) is 20.4. The van der Waals surface area contributed by atoms with E-state index < -0.39 is 12.0 Å². The summed E-state index contributed by atoms with van der Waals surface area (Å²) in [5.74, 6) is -0.246. The minimum absolute atomic E-state index is 0.297. The molecule has 3 N–H and O–H groups in total. The third-order valence-corrected chi connectivity index (χ3v) is 5.79. The average Bonchev–Trinajstić information content (AvgIpc) is 2.90. The summed E-state index contributed by atoms with van der Waals surface area (Å²) >= 11 is 0. The second-order valence-corrected chi connectivity index (χ2v) is 8.57. The Morgan fingerprint density at radius 2 is 1.58 bits per heavy atom. The standard InChI is InChI=1S/C29H31N4O3/c1-23(29(34)35)31-26-10-5-12-28(20-26)36-22-30-27-11-6-15-33(21-27)17-7-16-32-18-13-25(14-19-32)24-8-3-2-4-9-24/h2-6,8-15,18-21,23,30-31H,7,16-17,22H2,1H3/q+1/p+1. The third kappa shape index (κ3) is 7.30. The van der Waals surface area contributed by atoms with E-state index in [0.717, 1.165) is 25.2 Å². The molecule has 7 heteroatoms. The monoisotopic (exact) mass is 484 g/mol. The number of aryl methyl sites for hydroxylation is 2. The lowest BCUT2D eigenvalue weighted by Crippen LogP contribution is -2.38. The minimum atomic E-state index is -0.903. The van der Waals surface area contributed by atoms with Crippen molar-refractivity contribution >= 4 is 17.3 Å². The van der Waals surface area contributed by atoms with Gasteiger partial charge in [-0.1, -0.05) is 36.4 Å². The lowest BCUT2D eigenvalue weighted by atomic mass is 10.1. The van der Waals surface area contributed by atoms with E-state index in [-0.39, 0.29) is 0 Å². The van der Waals surface area contributed by atoms with Crippen LogP contribution in [0, 0.1) is 0 Å².